The largest absolute Gasteiger partial charge is 0.383 e. The molecule has 8 heteroatoms. The third-order valence-corrected chi connectivity index (χ3v) is 3.55. The SMILES string of the molecule is CCN(CC)c1nc2c(c(=O)[nH]c(=O)n2C)n1CCOC. The van der Waals surface area contributed by atoms with Crippen molar-refractivity contribution in [2.75, 3.05) is 31.7 Å². The summed E-state index contributed by atoms with van der Waals surface area (Å²) < 4.78 is 8.28. The van der Waals surface area contributed by atoms with Gasteiger partial charge in [0.25, 0.3) is 5.56 Å². The van der Waals surface area contributed by atoms with Gasteiger partial charge in [0.1, 0.15) is 0 Å². The fourth-order valence-electron chi connectivity index (χ4n) is 2.37. The Kier molecular flexibility index (Phi) is 4.46. The maximum Gasteiger partial charge on any atom is 0.329 e. The average molecular weight is 295 g/mol. The molecule has 8 nitrogen and oxygen atoms in total. The summed E-state index contributed by atoms with van der Waals surface area (Å²) in [4.78, 5) is 32.7. The van der Waals surface area contributed by atoms with Gasteiger partial charge in [-0.25, -0.2) is 4.79 Å². The number of aromatic nitrogens is 4. The van der Waals surface area contributed by atoms with Crippen LogP contribution in [0.5, 0.6) is 0 Å². The number of fused-ring (bicyclic) bond motifs is 1. The predicted octanol–water partition coefficient (Wildman–Crippen LogP) is -0.0841. The molecule has 0 aliphatic rings. The van der Waals surface area contributed by atoms with Crippen LogP contribution < -0.4 is 16.1 Å². The summed E-state index contributed by atoms with van der Waals surface area (Å²) in [5, 5.41) is 0. The van der Waals surface area contributed by atoms with Crippen LogP contribution in [0.4, 0.5) is 5.95 Å². The van der Waals surface area contributed by atoms with Crippen molar-refractivity contribution in [3.05, 3.63) is 20.8 Å². The van der Waals surface area contributed by atoms with Crippen molar-refractivity contribution < 1.29 is 4.74 Å². The monoisotopic (exact) mass is 295 g/mol. The van der Waals surface area contributed by atoms with Crippen molar-refractivity contribution in [2.24, 2.45) is 7.05 Å². The van der Waals surface area contributed by atoms with Gasteiger partial charge in [0, 0.05) is 33.8 Å². The van der Waals surface area contributed by atoms with Crippen LogP contribution in [0.15, 0.2) is 9.59 Å². The fourth-order valence-corrected chi connectivity index (χ4v) is 2.37. The smallest absolute Gasteiger partial charge is 0.329 e. The number of methoxy groups -OCH3 is 1. The van der Waals surface area contributed by atoms with Crippen molar-refractivity contribution >= 4 is 17.1 Å². The standard InChI is InChI=1S/C13H21N5O3/c1-5-17(6-2)12-14-10-9(18(12)7-8-21-4)11(19)15-13(20)16(10)3/h5-8H2,1-4H3,(H,15,19,20). The van der Waals surface area contributed by atoms with Gasteiger partial charge < -0.3 is 14.2 Å². The van der Waals surface area contributed by atoms with E-state index in [1.165, 1.54) is 4.57 Å². The van der Waals surface area contributed by atoms with E-state index >= 15 is 0 Å². The van der Waals surface area contributed by atoms with Crippen LogP contribution in [0.1, 0.15) is 13.8 Å². The van der Waals surface area contributed by atoms with Crippen molar-refractivity contribution in [2.45, 2.75) is 20.4 Å². The molecule has 0 bridgehead atoms. The second-order valence-electron chi connectivity index (χ2n) is 4.72. The molecule has 0 aromatic carbocycles. The highest BCUT2D eigenvalue weighted by molar-refractivity contribution is 5.74. The van der Waals surface area contributed by atoms with Crippen LogP contribution in [-0.2, 0) is 18.3 Å². The second-order valence-corrected chi connectivity index (χ2v) is 4.72. The summed E-state index contributed by atoms with van der Waals surface area (Å²) >= 11 is 0. The Hall–Kier alpha value is -2.09. The second kappa shape index (κ2) is 6.13. The van der Waals surface area contributed by atoms with Crippen LogP contribution >= 0.6 is 0 Å². The minimum atomic E-state index is -0.463. The highest BCUT2D eigenvalue weighted by Crippen LogP contribution is 2.19. The first-order valence-corrected chi connectivity index (χ1v) is 6.98. The highest BCUT2D eigenvalue weighted by Gasteiger charge is 2.19. The number of imidazole rings is 1. The summed E-state index contributed by atoms with van der Waals surface area (Å²) in [5.41, 5.74) is -0.0945. The van der Waals surface area contributed by atoms with Crippen LogP contribution in [0, 0.1) is 0 Å². The Balaban J connectivity index is 2.78. The van der Waals surface area contributed by atoms with Gasteiger partial charge in [-0.2, -0.15) is 4.98 Å². The number of aryl methyl sites for hydroxylation is 1. The first-order chi connectivity index (χ1) is 10.0. The van der Waals surface area contributed by atoms with E-state index in [9.17, 15) is 9.59 Å². The van der Waals surface area contributed by atoms with E-state index in [1.807, 2.05) is 23.3 Å². The molecule has 2 aromatic heterocycles. The van der Waals surface area contributed by atoms with Crippen molar-refractivity contribution in [3.8, 4) is 0 Å². The lowest BCUT2D eigenvalue weighted by atomic mass is 10.5. The van der Waals surface area contributed by atoms with Gasteiger partial charge >= 0.3 is 5.69 Å². The molecular weight excluding hydrogens is 274 g/mol. The molecule has 0 amide bonds. The Morgan fingerprint density at radius 1 is 1.29 bits per heavy atom. The van der Waals surface area contributed by atoms with E-state index in [4.69, 9.17) is 4.74 Å². The zero-order valence-corrected chi connectivity index (χ0v) is 12.8. The number of aromatic amines is 1. The molecule has 0 atom stereocenters. The number of anilines is 1. The minimum absolute atomic E-state index is 0.391. The van der Waals surface area contributed by atoms with Gasteiger partial charge in [0.15, 0.2) is 11.2 Å². The van der Waals surface area contributed by atoms with E-state index < -0.39 is 11.2 Å². The fraction of sp³-hybridized carbons (Fsp3) is 0.615. The molecule has 2 heterocycles. The summed E-state index contributed by atoms with van der Waals surface area (Å²) in [6, 6.07) is 0. The molecule has 0 saturated heterocycles. The van der Waals surface area contributed by atoms with E-state index in [-0.39, 0.29) is 0 Å². The summed E-state index contributed by atoms with van der Waals surface area (Å²) in [7, 11) is 3.20. The molecule has 0 fully saturated rings. The number of hydrogen-bond donors (Lipinski definition) is 1. The van der Waals surface area contributed by atoms with E-state index in [0.717, 1.165) is 13.1 Å². The van der Waals surface area contributed by atoms with E-state index in [0.29, 0.717) is 30.3 Å². The average Bonchev–Trinajstić information content (AvgIpc) is 2.84. The van der Waals surface area contributed by atoms with E-state index in [2.05, 4.69) is 9.97 Å². The molecule has 2 rings (SSSR count). The van der Waals surface area contributed by atoms with Crippen molar-refractivity contribution in [1.82, 2.24) is 19.1 Å². The van der Waals surface area contributed by atoms with Gasteiger partial charge in [-0.15, -0.1) is 0 Å². The molecule has 21 heavy (non-hydrogen) atoms. The Morgan fingerprint density at radius 2 is 1.95 bits per heavy atom. The summed E-state index contributed by atoms with van der Waals surface area (Å²) in [6.07, 6.45) is 0. The molecule has 0 aliphatic heterocycles. The third kappa shape index (κ3) is 2.58. The molecule has 0 spiro atoms. The third-order valence-electron chi connectivity index (χ3n) is 3.55. The van der Waals surface area contributed by atoms with Gasteiger partial charge in [-0.1, -0.05) is 0 Å². The van der Waals surface area contributed by atoms with Crippen molar-refractivity contribution in [3.63, 3.8) is 0 Å². The number of H-pyrrole nitrogens is 1. The van der Waals surface area contributed by atoms with Crippen molar-refractivity contribution in [1.29, 1.82) is 0 Å². The van der Waals surface area contributed by atoms with Crippen LogP contribution in [0.3, 0.4) is 0 Å². The van der Waals surface area contributed by atoms with Crippen LogP contribution in [-0.4, -0.2) is 45.9 Å². The predicted molar refractivity (Wildman–Crippen MR) is 81.0 cm³/mol. The number of rotatable bonds is 6. The molecule has 0 unspecified atom stereocenters. The number of nitrogens with zero attached hydrogens (tertiary/aromatic N) is 4. The molecule has 116 valence electrons. The Labute approximate surface area is 122 Å². The molecule has 0 aliphatic carbocycles. The number of hydrogen-bond acceptors (Lipinski definition) is 5. The molecule has 0 saturated carbocycles. The number of nitrogens with one attached hydrogen (secondary N) is 1. The summed E-state index contributed by atoms with van der Waals surface area (Å²) in [5.74, 6) is 0.679. The lowest BCUT2D eigenvalue weighted by molar-refractivity contribution is 0.188. The van der Waals surface area contributed by atoms with Crippen LogP contribution in [0.2, 0.25) is 0 Å². The molecule has 1 N–H and O–H groups in total. The van der Waals surface area contributed by atoms with E-state index in [1.54, 1.807) is 14.2 Å². The zero-order valence-electron chi connectivity index (χ0n) is 12.8. The van der Waals surface area contributed by atoms with Gasteiger partial charge in [0.2, 0.25) is 5.95 Å². The van der Waals surface area contributed by atoms with Gasteiger partial charge in [-0.3, -0.25) is 14.3 Å². The molecule has 0 radical (unpaired) electrons. The maximum atomic E-state index is 12.2. The zero-order chi connectivity index (χ0) is 15.6. The highest BCUT2D eigenvalue weighted by atomic mass is 16.5. The molecular formula is C13H21N5O3. The normalized spacial score (nSPS) is 11.2. The first-order valence-electron chi connectivity index (χ1n) is 6.98. The van der Waals surface area contributed by atoms with Gasteiger partial charge in [-0.05, 0) is 13.8 Å². The van der Waals surface area contributed by atoms with Crippen LogP contribution in [0.25, 0.3) is 11.2 Å². The topological polar surface area (TPSA) is 85.2 Å². The lowest BCUT2D eigenvalue weighted by Crippen LogP contribution is -2.30. The lowest BCUT2D eigenvalue weighted by Gasteiger charge is -2.20. The Morgan fingerprint density at radius 3 is 2.52 bits per heavy atom. The Bertz CT molecular complexity index is 739. The maximum absolute atomic E-state index is 12.2. The number of ether oxygens (including phenoxy) is 1. The summed E-state index contributed by atoms with van der Waals surface area (Å²) in [6.45, 7) is 6.53. The first kappa shape index (κ1) is 15.3. The molecule has 2 aromatic rings. The van der Waals surface area contributed by atoms with Gasteiger partial charge in [0.05, 0.1) is 6.61 Å². The minimum Gasteiger partial charge on any atom is -0.383 e. The quantitative estimate of drug-likeness (QED) is 0.805.